The van der Waals surface area contributed by atoms with Crippen LogP contribution in [0, 0.1) is 17.8 Å². The molecule has 7 rings (SSSR count). The zero-order chi connectivity index (χ0) is 31.2. The van der Waals surface area contributed by atoms with Crippen LogP contribution in [0.2, 0.25) is 0 Å². The molecule has 3 fully saturated rings. The van der Waals surface area contributed by atoms with Gasteiger partial charge in [-0.25, -0.2) is 4.79 Å². The minimum atomic E-state index is -0.568. The topological polar surface area (TPSA) is 141 Å². The van der Waals surface area contributed by atoms with Gasteiger partial charge in [0.2, 0.25) is 5.91 Å². The number of fused-ring (bicyclic) bond motifs is 6. The summed E-state index contributed by atoms with van der Waals surface area (Å²) in [5.74, 6) is -0.114. The largest absolute Gasteiger partial charge is 0.469 e. The third-order valence-electron chi connectivity index (χ3n) is 9.31. The fourth-order valence-electron chi connectivity index (χ4n) is 7.18. The number of para-hydroxylation sites is 1. The number of aliphatic hydroxyl groups is 1. The average molecular weight is 602 g/mol. The van der Waals surface area contributed by atoms with Gasteiger partial charge in [-0.2, -0.15) is 0 Å². The van der Waals surface area contributed by atoms with Gasteiger partial charge in [-0.1, -0.05) is 54.6 Å². The molecule has 234 valence electrons. The van der Waals surface area contributed by atoms with Gasteiger partial charge in [-0.05, 0) is 54.7 Å². The predicted octanol–water partition coefficient (Wildman–Crippen LogP) is 3.52. The number of H-pyrrole nitrogens is 1. The van der Waals surface area contributed by atoms with Crippen molar-refractivity contribution in [2.45, 2.75) is 44.4 Å². The standard InChI is InChI=1S/C21H26N2O3.C10H10N2O2.C3H7N/c1-26-21(25)19-15-10-17-20-14(13-4-2-3-5-16(13)22-20)8-9-23(17)11-12(15)6-7-18(19)24;13-9-6-11-10(14)12(9)7-8-4-2-1-3-5-8;1-2-3-4/h2-5,12,15,17-19,22,24H,6-11H2,1H3;1-5H,6-7H2,(H,11,14);2H,1,3-4H2/t12-,15-,17-,18-,19+;;/m0../s1. The van der Waals surface area contributed by atoms with Crippen molar-refractivity contribution in [1.82, 2.24) is 20.1 Å². The van der Waals surface area contributed by atoms with Crippen LogP contribution in [0.15, 0.2) is 67.3 Å². The lowest BCUT2D eigenvalue weighted by molar-refractivity contribution is -0.160. The van der Waals surface area contributed by atoms with Gasteiger partial charge in [0.05, 0.1) is 38.3 Å². The van der Waals surface area contributed by atoms with Crippen LogP contribution in [0.4, 0.5) is 4.79 Å². The number of benzene rings is 2. The molecule has 4 heterocycles. The van der Waals surface area contributed by atoms with E-state index in [4.69, 9.17) is 10.5 Å². The quantitative estimate of drug-likeness (QED) is 0.204. The van der Waals surface area contributed by atoms with Gasteiger partial charge < -0.3 is 25.9 Å². The lowest BCUT2D eigenvalue weighted by Crippen LogP contribution is -2.53. The minimum Gasteiger partial charge on any atom is -0.469 e. The Kier molecular flexibility index (Phi) is 10.1. The monoisotopic (exact) mass is 601 g/mol. The number of piperidine rings is 1. The number of urea groups is 1. The van der Waals surface area contributed by atoms with Gasteiger partial charge in [-0.3, -0.25) is 19.4 Å². The van der Waals surface area contributed by atoms with E-state index in [0.29, 0.717) is 31.5 Å². The molecule has 3 amide bonds. The van der Waals surface area contributed by atoms with Gasteiger partial charge in [0.25, 0.3) is 0 Å². The molecule has 4 aliphatic rings. The van der Waals surface area contributed by atoms with Crippen LogP contribution >= 0.6 is 0 Å². The highest BCUT2D eigenvalue weighted by Gasteiger charge is 2.49. The Balaban J connectivity index is 0.000000179. The van der Waals surface area contributed by atoms with Gasteiger partial charge in [-0.15, -0.1) is 6.58 Å². The second-order valence-corrected chi connectivity index (χ2v) is 11.8. The fraction of sp³-hybridized carbons (Fsp3) is 0.441. The summed E-state index contributed by atoms with van der Waals surface area (Å²) in [6, 6.07) is 18.0. The minimum absolute atomic E-state index is 0.117. The maximum Gasteiger partial charge on any atom is 0.324 e. The van der Waals surface area contributed by atoms with E-state index < -0.39 is 6.10 Å². The molecule has 1 saturated carbocycles. The van der Waals surface area contributed by atoms with E-state index in [9.17, 15) is 19.5 Å². The Hall–Kier alpha value is -3.99. The molecule has 1 aromatic heterocycles. The van der Waals surface area contributed by atoms with Crippen LogP contribution in [0.25, 0.3) is 10.9 Å². The summed E-state index contributed by atoms with van der Waals surface area (Å²) >= 11 is 0. The maximum atomic E-state index is 12.4. The maximum absolute atomic E-state index is 12.4. The van der Waals surface area contributed by atoms with Crippen molar-refractivity contribution in [2.24, 2.45) is 23.5 Å². The van der Waals surface area contributed by atoms with Crippen LogP contribution < -0.4 is 11.1 Å². The molecule has 1 aliphatic carbocycles. The molecule has 0 unspecified atom stereocenters. The molecule has 3 aliphatic heterocycles. The number of nitrogens with one attached hydrogen (secondary N) is 2. The molecule has 0 bridgehead atoms. The number of carbonyl (C=O) groups excluding carboxylic acids is 3. The van der Waals surface area contributed by atoms with Crippen LogP contribution in [-0.2, 0) is 27.3 Å². The Morgan fingerprint density at radius 3 is 2.55 bits per heavy atom. The van der Waals surface area contributed by atoms with E-state index in [1.807, 2.05) is 30.3 Å². The molecule has 2 aromatic carbocycles. The molecular formula is C34H43N5O5. The van der Waals surface area contributed by atoms with Crippen molar-refractivity contribution in [2.75, 3.05) is 33.3 Å². The summed E-state index contributed by atoms with van der Waals surface area (Å²) in [5.41, 5.74) is 9.82. The second-order valence-electron chi connectivity index (χ2n) is 11.8. The number of methoxy groups -OCH3 is 1. The van der Waals surface area contributed by atoms with Crippen LogP contribution in [0.5, 0.6) is 0 Å². The SMILES string of the molecule is C=CCN.COC(=O)[C@@H]1[C@H]2C[C@H]3c4[nH]c5ccccc5c4CCN3C[C@@H]2CC[C@@H]1O.O=C1CNC(=O)N1Cc1ccccc1. The molecule has 5 atom stereocenters. The number of nitrogens with zero attached hydrogens (tertiary/aromatic N) is 2. The molecule has 0 radical (unpaired) electrons. The lowest BCUT2D eigenvalue weighted by atomic mass is 9.65. The molecule has 5 N–H and O–H groups in total. The number of esters is 1. The zero-order valence-corrected chi connectivity index (χ0v) is 25.3. The number of carbonyl (C=O) groups is 3. The van der Waals surface area contributed by atoms with Crippen molar-refractivity contribution < 1.29 is 24.2 Å². The van der Waals surface area contributed by atoms with Crippen molar-refractivity contribution in [3.05, 3.63) is 84.1 Å². The zero-order valence-electron chi connectivity index (χ0n) is 25.3. The Bertz CT molecular complexity index is 1460. The average Bonchev–Trinajstić information content (AvgIpc) is 3.59. The van der Waals surface area contributed by atoms with Crippen molar-refractivity contribution in [3.8, 4) is 0 Å². The predicted molar refractivity (Wildman–Crippen MR) is 168 cm³/mol. The summed E-state index contributed by atoms with van der Waals surface area (Å²) in [6.07, 6.45) is 4.79. The number of hydrogen-bond acceptors (Lipinski definition) is 7. The highest BCUT2D eigenvalue weighted by atomic mass is 16.5. The van der Waals surface area contributed by atoms with Gasteiger partial charge in [0.15, 0.2) is 0 Å². The van der Waals surface area contributed by atoms with Crippen molar-refractivity contribution >= 4 is 28.8 Å². The number of aromatic amines is 1. The summed E-state index contributed by atoms with van der Waals surface area (Å²) in [5, 5.41) is 14.3. The summed E-state index contributed by atoms with van der Waals surface area (Å²) < 4.78 is 5.04. The second kappa shape index (κ2) is 14.2. The van der Waals surface area contributed by atoms with E-state index >= 15 is 0 Å². The lowest BCUT2D eigenvalue weighted by Gasteiger charge is -2.50. The smallest absolute Gasteiger partial charge is 0.324 e. The first-order valence-electron chi connectivity index (χ1n) is 15.4. The van der Waals surface area contributed by atoms with E-state index in [1.165, 1.54) is 34.2 Å². The number of nitrogens with two attached hydrogens (primary N) is 1. The molecule has 44 heavy (non-hydrogen) atoms. The van der Waals surface area contributed by atoms with Crippen LogP contribution in [-0.4, -0.2) is 77.2 Å². The van der Waals surface area contributed by atoms with E-state index in [1.54, 1.807) is 6.08 Å². The number of imide groups is 1. The van der Waals surface area contributed by atoms with Crippen LogP contribution in [0.1, 0.15) is 42.1 Å². The molecule has 10 nitrogen and oxygen atoms in total. The van der Waals surface area contributed by atoms with Gasteiger partial charge in [0.1, 0.15) is 0 Å². The Morgan fingerprint density at radius 1 is 1.14 bits per heavy atom. The first-order chi connectivity index (χ1) is 21.4. The number of amides is 3. The number of aliphatic hydroxyl groups excluding tert-OH is 1. The van der Waals surface area contributed by atoms with E-state index in [0.717, 1.165) is 37.9 Å². The summed E-state index contributed by atoms with van der Waals surface area (Å²) in [6.45, 7) is 6.50. The summed E-state index contributed by atoms with van der Waals surface area (Å²) in [7, 11) is 1.43. The van der Waals surface area contributed by atoms with Gasteiger partial charge >= 0.3 is 12.0 Å². The Morgan fingerprint density at radius 2 is 1.86 bits per heavy atom. The molecule has 3 aromatic rings. The third-order valence-corrected chi connectivity index (χ3v) is 9.31. The first-order valence-corrected chi connectivity index (χ1v) is 15.4. The number of aromatic nitrogens is 1. The van der Waals surface area contributed by atoms with Crippen molar-refractivity contribution in [3.63, 3.8) is 0 Å². The van der Waals surface area contributed by atoms with Gasteiger partial charge in [0, 0.05) is 36.2 Å². The molecule has 2 saturated heterocycles. The molecular weight excluding hydrogens is 558 g/mol. The number of rotatable bonds is 4. The van der Waals surface area contributed by atoms with Crippen molar-refractivity contribution in [1.29, 1.82) is 0 Å². The fourth-order valence-corrected chi connectivity index (χ4v) is 7.18. The number of ether oxygens (including phenoxy) is 1. The molecule has 0 spiro atoms. The normalized spacial score (nSPS) is 25.7. The highest BCUT2D eigenvalue weighted by Crippen LogP contribution is 2.49. The Labute approximate surface area is 258 Å². The van der Waals surface area contributed by atoms with E-state index in [2.05, 4.69) is 46.0 Å². The van der Waals surface area contributed by atoms with Crippen LogP contribution in [0.3, 0.4) is 0 Å². The van der Waals surface area contributed by atoms with E-state index in [-0.39, 0.29) is 36.3 Å². The number of hydrogen-bond donors (Lipinski definition) is 4. The third kappa shape index (κ3) is 6.57. The first kappa shape index (κ1) is 31.4. The highest BCUT2D eigenvalue weighted by molar-refractivity contribution is 6.01. The molecule has 10 heteroatoms. The summed E-state index contributed by atoms with van der Waals surface area (Å²) in [4.78, 5) is 42.3.